The van der Waals surface area contributed by atoms with E-state index in [0.29, 0.717) is 0 Å². The molecule has 0 saturated heterocycles. The van der Waals surface area contributed by atoms with Gasteiger partial charge < -0.3 is 0 Å². The van der Waals surface area contributed by atoms with Crippen LogP contribution in [-0.2, 0) is 12.8 Å². The van der Waals surface area contributed by atoms with Crippen molar-refractivity contribution in [1.29, 1.82) is 0 Å². The van der Waals surface area contributed by atoms with E-state index in [4.69, 9.17) is 0 Å². The topological polar surface area (TPSA) is 30.2 Å². The molecule has 3 aromatic heterocycles. The molecule has 0 radical (unpaired) electrons. The molecule has 0 spiro atoms. The Kier molecular flexibility index (Phi) is 2.37. The fourth-order valence-corrected chi connectivity index (χ4v) is 3.00. The smallest absolute Gasteiger partial charge is 0.0667 e. The molecular weight excluding hydrogens is 234 g/mol. The first-order valence-corrected chi connectivity index (χ1v) is 6.81. The number of nitrogens with zero attached hydrogens (tertiary/aromatic N) is 3. The van der Waals surface area contributed by atoms with E-state index in [0.717, 1.165) is 5.52 Å². The van der Waals surface area contributed by atoms with Gasteiger partial charge in [-0.3, -0.25) is 4.98 Å². The summed E-state index contributed by atoms with van der Waals surface area (Å²) in [6.07, 6.45) is 12.8. The Morgan fingerprint density at radius 2 is 2.00 bits per heavy atom. The SMILES string of the molecule is c1cc2cc(-c3cncc4c3CCCC4)ccn2n1. The lowest BCUT2D eigenvalue weighted by Gasteiger charge is -2.18. The average molecular weight is 249 g/mol. The molecule has 0 aromatic carbocycles. The van der Waals surface area contributed by atoms with E-state index >= 15 is 0 Å². The normalized spacial score (nSPS) is 14.5. The molecule has 3 aromatic rings. The molecule has 0 amide bonds. The quantitative estimate of drug-likeness (QED) is 0.662. The van der Waals surface area contributed by atoms with Crippen molar-refractivity contribution in [3.8, 4) is 11.1 Å². The average Bonchev–Trinajstić information content (AvgIpc) is 2.94. The summed E-state index contributed by atoms with van der Waals surface area (Å²) >= 11 is 0. The van der Waals surface area contributed by atoms with Gasteiger partial charge in [0.2, 0.25) is 0 Å². The molecule has 4 rings (SSSR count). The Balaban J connectivity index is 1.91. The third-order valence-electron chi connectivity index (χ3n) is 3.98. The van der Waals surface area contributed by atoms with Gasteiger partial charge in [-0.1, -0.05) is 0 Å². The van der Waals surface area contributed by atoms with Crippen molar-refractivity contribution < 1.29 is 0 Å². The van der Waals surface area contributed by atoms with Crippen LogP contribution in [0.4, 0.5) is 0 Å². The van der Waals surface area contributed by atoms with E-state index in [1.807, 2.05) is 35.4 Å². The molecular formula is C16H15N3. The second-order valence-electron chi connectivity index (χ2n) is 5.15. The molecule has 1 aliphatic rings. The molecule has 94 valence electrons. The number of fused-ring (bicyclic) bond motifs is 2. The minimum atomic E-state index is 1.13. The van der Waals surface area contributed by atoms with Gasteiger partial charge in [-0.2, -0.15) is 5.10 Å². The molecule has 1 aliphatic carbocycles. The fraction of sp³-hybridized carbons (Fsp3) is 0.250. The first-order valence-electron chi connectivity index (χ1n) is 6.81. The summed E-state index contributed by atoms with van der Waals surface area (Å²) in [5.74, 6) is 0. The molecule has 0 unspecified atom stereocenters. The molecule has 3 heteroatoms. The summed E-state index contributed by atoms with van der Waals surface area (Å²) in [5.41, 5.74) is 6.59. The van der Waals surface area contributed by atoms with Gasteiger partial charge in [-0.05, 0) is 60.6 Å². The van der Waals surface area contributed by atoms with Gasteiger partial charge in [0.1, 0.15) is 0 Å². The zero-order chi connectivity index (χ0) is 12.7. The summed E-state index contributed by atoms with van der Waals surface area (Å²) < 4.78 is 1.90. The number of rotatable bonds is 1. The molecule has 3 nitrogen and oxygen atoms in total. The molecule has 0 fully saturated rings. The van der Waals surface area contributed by atoms with Crippen LogP contribution in [0.15, 0.2) is 43.0 Å². The van der Waals surface area contributed by atoms with E-state index in [2.05, 4.69) is 22.2 Å². The first kappa shape index (κ1) is 10.7. The van der Waals surface area contributed by atoms with Gasteiger partial charge in [0.05, 0.1) is 5.52 Å². The molecule has 19 heavy (non-hydrogen) atoms. The number of aryl methyl sites for hydroxylation is 1. The maximum atomic E-state index is 4.42. The lowest BCUT2D eigenvalue weighted by Crippen LogP contribution is -2.05. The molecule has 0 atom stereocenters. The zero-order valence-corrected chi connectivity index (χ0v) is 10.7. The lowest BCUT2D eigenvalue weighted by molar-refractivity contribution is 0.683. The number of aromatic nitrogens is 3. The maximum absolute atomic E-state index is 4.42. The second-order valence-corrected chi connectivity index (χ2v) is 5.15. The first-order chi connectivity index (χ1) is 9.42. The third-order valence-corrected chi connectivity index (χ3v) is 3.98. The van der Waals surface area contributed by atoms with Crippen molar-refractivity contribution in [2.45, 2.75) is 25.7 Å². The van der Waals surface area contributed by atoms with Crippen LogP contribution in [0.5, 0.6) is 0 Å². The minimum Gasteiger partial charge on any atom is -0.264 e. The lowest BCUT2D eigenvalue weighted by atomic mass is 9.88. The van der Waals surface area contributed by atoms with Gasteiger partial charge in [0, 0.05) is 30.4 Å². The molecule has 0 N–H and O–H groups in total. The van der Waals surface area contributed by atoms with Crippen LogP contribution in [0, 0.1) is 0 Å². The highest BCUT2D eigenvalue weighted by Gasteiger charge is 2.14. The summed E-state index contributed by atoms with van der Waals surface area (Å²) in [6.45, 7) is 0. The van der Waals surface area contributed by atoms with E-state index in [-0.39, 0.29) is 0 Å². The van der Waals surface area contributed by atoms with Crippen molar-refractivity contribution in [3.05, 3.63) is 54.1 Å². The Hall–Kier alpha value is -2.16. The molecule has 0 saturated carbocycles. The van der Waals surface area contributed by atoms with Crippen LogP contribution in [0.2, 0.25) is 0 Å². The Morgan fingerprint density at radius 3 is 3.00 bits per heavy atom. The van der Waals surface area contributed by atoms with Gasteiger partial charge in [-0.25, -0.2) is 4.52 Å². The molecule has 0 bridgehead atoms. The highest BCUT2D eigenvalue weighted by Crippen LogP contribution is 2.31. The van der Waals surface area contributed by atoms with Gasteiger partial charge >= 0.3 is 0 Å². The van der Waals surface area contributed by atoms with Crippen molar-refractivity contribution in [2.75, 3.05) is 0 Å². The Morgan fingerprint density at radius 1 is 1.05 bits per heavy atom. The highest BCUT2D eigenvalue weighted by molar-refractivity contribution is 5.71. The van der Waals surface area contributed by atoms with Crippen molar-refractivity contribution in [3.63, 3.8) is 0 Å². The van der Waals surface area contributed by atoms with Crippen LogP contribution in [0.3, 0.4) is 0 Å². The Bertz CT molecular complexity index is 743. The summed E-state index contributed by atoms with van der Waals surface area (Å²) in [7, 11) is 0. The van der Waals surface area contributed by atoms with Gasteiger partial charge in [-0.15, -0.1) is 0 Å². The van der Waals surface area contributed by atoms with E-state index in [1.54, 1.807) is 0 Å². The van der Waals surface area contributed by atoms with Crippen molar-refractivity contribution in [2.24, 2.45) is 0 Å². The van der Waals surface area contributed by atoms with Gasteiger partial charge in [0.25, 0.3) is 0 Å². The van der Waals surface area contributed by atoms with Crippen LogP contribution in [0.25, 0.3) is 16.6 Å². The van der Waals surface area contributed by atoms with Crippen molar-refractivity contribution >= 4 is 5.52 Å². The van der Waals surface area contributed by atoms with Crippen LogP contribution in [-0.4, -0.2) is 14.6 Å². The highest BCUT2D eigenvalue weighted by atomic mass is 15.2. The van der Waals surface area contributed by atoms with Crippen LogP contribution in [0.1, 0.15) is 24.0 Å². The van der Waals surface area contributed by atoms with E-state index in [1.165, 1.54) is 47.9 Å². The number of hydrogen-bond acceptors (Lipinski definition) is 2. The standard InChI is InChI=1S/C16H15N3/c1-2-4-15-13(3-1)10-17-11-16(15)12-6-8-19-14(9-12)5-7-18-19/h5-11H,1-4H2. The molecule has 0 aliphatic heterocycles. The monoisotopic (exact) mass is 249 g/mol. The Labute approximate surface area is 111 Å². The van der Waals surface area contributed by atoms with Crippen LogP contribution >= 0.6 is 0 Å². The van der Waals surface area contributed by atoms with Crippen molar-refractivity contribution in [1.82, 2.24) is 14.6 Å². The van der Waals surface area contributed by atoms with E-state index in [9.17, 15) is 0 Å². The maximum Gasteiger partial charge on any atom is 0.0667 e. The predicted molar refractivity (Wildman–Crippen MR) is 75.1 cm³/mol. The number of pyridine rings is 2. The summed E-state index contributed by atoms with van der Waals surface area (Å²) in [5, 5.41) is 4.24. The predicted octanol–water partition coefficient (Wildman–Crippen LogP) is 3.28. The largest absolute Gasteiger partial charge is 0.264 e. The van der Waals surface area contributed by atoms with Gasteiger partial charge in [0.15, 0.2) is 0 Å². The van der Waals surface area contributed by atoms with Crippen LogP contribution < -0.4 is 0 Å². The van der Waals surface area contributed by atoms with E-state index < -0.39 is 0 Å². The third kappa shape index (κ3) is 1.73. The summed E-state index contributed by atoms with van der Waals surface area (Å²) in [6, 6.07) is 6.36. The number of hydrogen-bond donors (Lipinski definition) is 0. The minimum absolute atomic E-state index is 1.13. The zero-order valence-electron chi connectivity index (χ0n) is 10.7. The fourth-order valence-electron chi connectivity index (χ4n) is 3.00. The summed E-state index contributed by atoms with van der Waals surface area (Å²) in [4.78, 5) is 4.42. The molecule has 3 heterocycles. The second kappa shape index (κ2) is 4.19.